The van der Waals surface area contributed by atoms with Crippen LogP contribution in [-0.4, -0.2) is 5.91 Å². The summed E-state index contributed by atoms with van der Waals surface area (Å²) in [4.78, 5) is 12.8. The van der Waals surface area contributed by atoms with Crippen LogP contribution in [0.3, 0.4) is 0 Å². The van der Waals surface area contributed by atoms with Gasteiger partial charge >= 0.3 is 0 Å². The van der Waals surface area contributed by atoms with E-state index in [1.54, 1.807) is 11.9 Å². The predicted molar refractivity (Wildman–Crippen MR) is 108 cm³/mol. The Morgan fingerprint density at radius 2 is 1.76 bits per heavy atom. The van der Waals surface area contributed by atoms with Gasteiger partial charge in [0.2, 0.25) is 5.91 Å². The fourth-order valence-electron chi connectivity index (χ4n) is 2.71. The van der Waals surface area contributed by atoms with Gasteiger partial charge in [0.1, 0.15) is 0 Å². The Balaban J connectivity index is 0.00000109. The topological polar surface area (TPSA) is 41.1 Å². The average Bonchev–Trinajstić information content (AvgIpc) is 2.84. The molecule has 3 nitrogen and oxygen atoms in total. The van der Waals surface area contributed by atoms with Crippen molar-refractivity contribution in [3.63, 3.8) is 0 Å². The second kappa shape index (κ2) is 10.3. The molecule has 0 spiro atoms. The third kappa shape index (κ3) is 5.91. The van der Waals surface area contributed by atoms with Crippen molar-refractivity contribution in [1.29, 1.82) is 0 Å². The van der Waals surface area contributed by atoms with Crippen LogP contribution in [-0.2, 0) is 24.2 Å². The lowest BCUT2D eigenvalue weighted by Gasteiger charge is -2.10. The molecule has 0 aliphatic carbocycles. The smallest absolute Gasteiger partial charge is 0.224 e. The molecular weight excluding hydrogens is 328 g/mol. The minimum Gasteiger partial charge on any atom is -0.326 e. The lowest BCUT2D eigenvalue weighted by molar-refractivity contribution is -0.116. The third-order valence-electron chi connectivity index (χ3n) is 4.10. The minimum absolute atomic E-state index is 0.123. The molecule has 3 rings (SSSR count). The van der Waals surface area contributed by atoms with Crippen molar-refractivity contribution in [2.24, 2.45) is 0 Å². The number of aryl methyl sites for hydroxylation is 2. The van der Waals surface area contributed by atoms with Crippen LogP contribution in [0.2, 0.25) is 0 Å². The van der Waals surface area contributed by atoms with E-state index in [1.165, 1.54) is 21.6 Å². The summed E-state index contributed by atoms with van der Waals surface area (Å²) in [5, 5.41) is 2.97. The summed E-state index contributed by atoms with van der Waals surface area (Å²) < 4.78 is 3.42. The molecule has 0 saturated heterocycles. The molecule has 134 valence electrons. The van der Waals surface area contributed by atoms with Crippen LogP contribution < -0.4 is 10.0 Å². The number of nitrogens with one attached hydrogen (secondary N) is 2. The van der Waals surface area contributed by atoms with Gasteiger partial charge in [-0.25, -0.2) is 0 Å². The van der Waals surface area contributed by atoms with Crippen LogP contribution in [0, 0.1) is 0 Å². The van der Waals surface area contributed by atoms with E-state index < -0.39 is 0 Å². The van der Waals surface area contributed by atoms with Gasteiger partial charge in [-0.2, -0.15) is 0 Å². The van der Waals surface area contributed by atoms with Gasteiger partial charge in [-0.3, -0.25) is 9.52 Å². The normalized spacial score (nSPS) is 13.2. The Kier molecular flexibility index (Phi) is 8.02. The molecule has 1 aliphatic rings. The number of hydrogen-bond donors (Lipinski definition) is 2. The van der Waals surface area contributed by atoms with Crippen molar-refractivity contribution < 1.29 is 4.79 Å². The number of fused-ring (bicyclic) bond motifs is 1. The van der Waals surface area contributed by atoms with Crippen molar-refractivity contribution in [3.05, 3.63) is 59.2 Å². The summed E-state index contributed by atoms with van der Waals surface area (Å²) in [7, 11) is 0. The van der Waals surface area contributed by atoms with Crippen LogP contribution in [0.1, 0.15) is 50.3 Å². The maximum Gasteiger partial charge on any atom is 0.224 e. The van der Waals surface area contributed by atoms with Crippen molar-refractivity contribution >= 4 is 23.5 Å². The van der Waals surface area contributed by atoms with E-state index in [9.17, 15) is 4.79 Å². The Morgan fingerprint density at radius 1 is 1.04 bits per heavy atom. The van der Waals surface area contributed by atoms with Gasteiger partial charge in [-0.15, -0.1) is 0 Å². The molecule has 4 heteroatoms. The minimum atomic E-state index is 0.123. The SMILES string of the molecule is CC.CCc1ccc(CNSc2ccc3c(c2)CCCC(=O)N3)cc1. The number of hydrogen-bond acceptors (Lipinski definition) is 3. The maximum absolute atomic E-state index is 11.6. The van der Waals surface area contributed by atoms with Gasteiger partial charge in [0.15, 0.2) is 0 Å². The van der Waals surface area contributed by atoms with Crippen molar-refractivity contribution in [2.45, 2.75) is 57.9 Å². The zero-order chi connectivity index (χ0) is 18.1. The van der Waals surface area contributed by atoms with Gasteiger partial charge in [0.05, 0.1) is 0 Å². The summed E-state index contributed by atoms with van der Waals surface area (Å²) in [5.74, 6) is 0.123. The van der Waals surface area contributed by atoms with Crippen LogP contribution >= 0.6 is 11.9 Å². The maximum atomic E-state index is 11.6. The predicted octanol–water partition coefficient (Wildman–Crippen LogP) is 5.35. The van der Waals surface area contributed by atoms with E-state index in [2.05, 4.69) is 53.4 Å². The first-order valence-corrected chi connectivity index (χ1v) is 9.96. The largest absolute Gasteiger partial charge is 0.326 e. The molecular formula is C21H28N2OS. The fraction of sp³-hybridized carbons (Fsp3) is 0.381. The van der Waals surface area contributed by atoms with Crippen LogP contribution in [0.5, 0.6) is 0 Å². The Hall–Kier alpha value is -1.78. The monoisotopic (exact) mass is 356 g/mol. The van der Waals surface area contributed by atoms with Crippen molar-refractivity contribution in [3.8, 4) is 0 Å². The lowest BCUT2D eigenvalue weighted by atomic mass is 10.1. The highest BCUT2D eigenvalue weighted by Crippen LogP contribution is 2.27. The van der Waals surface area contributed by atoms with Gasteiger partial charge in [0.25, 0.3) is 0 Å². The highest BCUT2D eigenvalue weighted by molar-refractivity contribution is 7.97. The molecule has 25 heavy (non-hydrogen) atoms. The number of rotatable bonds is 5. The Bertz CT molecular complexity index is 683. The van der Waals surface area contributed by atoms with Crippen LogP contribution in [0.4, 0.5) is 5.69 Å². The molecule has 1 amide bonds. The van der Waals surface area contributed by atoms with Crippen LogP contribution in [0.15, 0.2) is 47.4 Å². The molecule has 0 radical (unpaired) electrons. The summed E-state index contributed by atoms with van der Waals surface area (Å²) >= 11 is 1.64. The molecule has 0 atom stereocenters. The Labute approximate surface area is 155 Å². The molecule has 0 bridgehead atoms. The fourth-order valence-corrected chi connectivity index (χ4v) is 3.45. The van der Waals surface area contributed by atoms with E-state index in [-0.39, 0.29) is 5.91 Å². The zero-order valence-corrected chi connectivity index (χ0v) is 16.2. The van der Waals surface area contributed by atoms with E-state index in [0.717, 1.165) is 31.5 Å². The van der Waals surface area contributed by atoms with E-state index >= 15 is 0 Å². The Morgan fingerprint density at radius 3 is 2.48 bits per heavy atom. The molecule has 0 fully saturated rings. The molecule has 2 N–H and O–H groups in total. The quantitative estimate of drug-likeness (QED) is 0.710. The standard InChI is InChI=1S/C19H22N2OS.C2H6/c1-2-14-6-8-15(9-7-14)13-20-23-17-10-11-18-16(12-17)4-3-5-19(22)21-18;1-2/h6-12,20H,2-5,13H2,1H3,(H,21,22);1-2H3. The second-order valence-corrected chi connectivity index (χ2v) is 6.78. The van der Waals surface area contributed by atoms with E-state index in [0.29, 0.717) is 6.42 Å². The molecule has 1 heterocycles. The number of amides is 1. The highest BCUT2D eigenvalue weighted by atomic mass is 32.2. The molecule has 0 saturated carbocycles. The number of benzene rings is 2. The van der Waals surface area contributed by atoms with Crippen molar-refractivity contribution in [1.82, 2.24) is 4.72 Å². The van der Waals surface area contributed by atoms with E-state index in [4.69, 9.17) is 0 Å². The number of anilines is 1. The summed E-state index contributed by atoms with van der Waals surface area (Å²) in [6.07, 6.45) is 3.57. The zero-order valence-electron chi connectivity index (χ0n) is 15.4. The average molecular weight is 357 g/mol. The van der Waals surface area contributed by atoms with Crippen molar-refractivity contribution in [2.75, 3.05) is 5.32 Å². The van der Waals surface area contributed by atoms with Gasteiger partial charge in [-0.1, -0.05) is 45.0 Å². The molecule has 0 unspecified atom stereocenters. The van der Waals surface area contributed by atoms with Crippen LogP contribution in [0.25, 0.3) is 0 Å². The summed E-state index contributed by atoms with van der Waals surface area (Å²) in [6, 6.07) is 15.0. The second-order valence-electron chi connectivity index (χ2n) is 5.81. The van der Waals surface area contributed by atoms with Gasteiger partial charge in [-0.05, 0) is 66.1 Å². The van der Waals surface area contributed by atoms with Gasteiger partial charge in [0, 0.05) is 23.5 Å². The summed E-state index contributed by atoms with van der Waals surface area (Å²) in [5.41, 5.74) is 4.85. The summed E-state index contributed by atoms with van der Waals surface area (Å²) in [6.45, 7) is 7.01. The number of carbonyl (C=O) groups is 1. The lowest BCUT2D eigenvalue weighted by Crippen LogP contribution is -2.09. The molecule has 0 aromatic heterocycles. The first kappa shape index (κ1) is 19.5. The molecule has 1 aliphatic heterocycles. The first-order valence-electron chi connectivity index (χ1n) is 9.15. The molecule has 2 aromatic rings. The molecule has 2 aromatic carbocycles. The van der Waals surface area contributed by atoms with E-state index in [1.807, 2.05) is 19.9 Å². The third-order valence-corrected chi connectivity index (χ3v) is 4.88. The van der Waals surface area contributed by atoms with Gasteiger partial charge < -0.3 is 5.32 Å². The number of carbonyl (C=O) groups excluding carboxylic acids is 1. The highest BCUT2D eigenvalue weighted by Gasteiger charge is 2.13. The first-order chi connectivity index (χ1) is 12.2.